The van der Waals surface area contributed by atoms with Crippen LogP contribution >= 0.6 is 11.8 Å². The third-order valence-electron chi connectivity index (χ3n) is 4.65. The van der Waals surface area contributed by atoms with E-state index in [1.807, 2.05) is 30.3 Å². The molecule has 3 atom stereocenters. The molecule has 0 spiro atoms. The summed E-state index contributed by atoms with van der Waals surface area (Å²) < 4.78 is 11.0. The van der Waals surface area contributed by atoms with Gasteiger partial charge in [-0.3, -0.25) is 15.0 Å². The third kappa shape index (κ3) is 9.46. The topological polar surface area (TPSA) is 132 Å². The fourth-order valence-corrected chi connectivity index (χ4v) is 4.28. The quantitative estimate of drug-likeness (QED) is 0.248. The van der Waals surface area contributed by atoms with E-state index in [1.165, 1.54) is 11.8 Å². The molecule has 9 nitrogen and oxygen atoms in total. The van der Waals surface area contributed by atoms with E-state index in [0.29, 0.717) is 12.4 Å². The molecule has 1 heterocycles. The summed E-state index contributed by atoms with van der Waals surface area (Å²) in [5.74, 6) is 4.60. The lowest BCUT2D eigenvalue weighted by Crippen LogP contribution is -2.56. The van der Waals surface area contributed by atoms with E-state index in [1.54, 1.807) is 20.8 Å². The van der Waals surface area contributed by atoms with E-state index < -0.39 is 35.6 Å². The second kappa shape index (κ2) is 12.7. The largest absolute Gasteiger partial charge is 0.444 e. The molecule has 0 saturated carbocycles. The Labute approximate surface area is 193 Å². The number of thioether (sulfide) groups is 1. The normalized spacial score (nSPS) is 18.2. The maximum absolute atomic E-state index is 13.1. The average molecular weight is 467 g/mol. The predicted molar refractivity (Wildman–Crippen MR) is 124 cm³/mol. The van der Waals surface area contributed by atoms with Crippen LogP contribution in [0.3, 0.4) is 0 Å². The number of carbonyl (C=O) groups is 3. The molecule has 0 aromatic heterocycles. The van der Waals surface area contributed by atoms with Crippen molar-refractivity contribution in [1.82, 2.24) is 16.1 Å². The fourth-order valence-electron chi connectivity index (χ4n) is 3.11. The molecule has 2 rings (SSSR count). The van der Waals surface area contributed by atoms with Crippen LogP contribution in [-0.2, 0) is 25.5 Å². The van der Waals surface area contributed by atoms with E-state index >= 15 is 0 Å². The molecule has 1 fully saturated rings. The lowest BCUT2D eigenvalue weighted by Gasteiger charge is -2.26. The van der Waals surface area contributed by atoms with Gasteiger partial charge in [0.2, 0.25) is 5.91 Å². The predicted octanol–water partition coefficient (Wildman–Crippen LogP) is 1.86. The molecule has 0 radical (unpaired) electrons. The number of nitrogens with one attached hydrogen (secondary N) is 3. The van der Waals surface area contributed by atoms with E-state index in [9.17, 15) is 14.4 Å². The number of hydrogen-bond acceptors (Lipinski definition) is 7. The van der Waals surface area contributed by atoms with Crippen molar-refractivity contribution in [1.29, 1.82) is 0 Å². The third-order valence-corrected chi connectivity index (χ3v) is 5.92. The standard InChI is InChI=1S/C22H34N4O5S/c1-22(2,3)31-21(29)25-16(13-15-9-5-4-6-10-15)19(27)24-17(20(28)26-23)14-32-18-11-7-8-12-30-18/h4-6,9-10,16-18H,7-8,11-14,23H2,1-3H3,(H,24,27)(H,25,29)(H,26,28)/t16-,17+,18+/m1/s1. The van der Waals surface area contributed by atoms with Crippen molar-refractivity contribution in [3.63, 3.8) is 0 Å². The Morgan fingerprint density at radius 2 is 1.84 bits per heavy atom. The number of nitrogens with two attached hydrogens (primary N) is 1. The van der Waals surface area contributed by atoms with Crippen LogP contribution in [0.2, 0.25) is 0 Å². The monoisotopic (exact) mass is 466 g/mol. The molecule has 1 saturated heterocycles. The van der Waals surface area contributed by atoms with E-state index in [4.69, 9.17) is 15.3 Å². The molecule has 1 aromatic carbocycles. The minimum absolute atomic E-state index is 0.0197. The first kappa shape index (κ1) is 26.0. The van der Waals surface area contributed by atoms with Crippen molar-refractivity contribution < 1.29 is 23.9 Å². The number of hydrazine groups is 1. The molecule has 0 bridgehead atoms. The fraction of sp³-hybridized carbons (Fsp3) is 0.591. The smallest absolute Gasteiger partial charge is 0.408 e. The Hall–Kier alpha value is -2.30. The SMILES string of the molecule is CC(C)(C)OC(=O)N[C@H](Cc1ccccc1)C(=O)N[C@@H](CS[C@H]1CCCCO1)C(=O)NN. The number of hydrogen-bond donors (Lipinski definition) is 4. The van der Waals surface area contributed by atoms with Gasteiger partial charge in [-0.2, -0.15) is 0 Å². The zero-order valence-corrected chi connectivity index (χ0v) is 19.7. The number of alkyl carbamates (subject to hydrolysis) is 1. The maximum atomic E-state index is 13.1. The molecule has 1 aliphatic rings. The van der Waals surface area contributed by atoms with E-state index in [2.05, 4.69) is 16.1 Å². The lowest BCUT2D eigenvalue weighted by atomic mass is 10.0. The maximum Gasteiger partial charge on any atom is 0.408 e. The van der Waals surface area contributed by atoms with Crippen molar-refractivity contribution in [2.24, 2.45) is 5.84 Å². The van der Waals surface area contributed by atoms with Crippen LogP contribution in [0.25, 0.3) is 0 Å². The van der Waals surface area contributed by atoms with Crippen LogP contribution in [0, 0.1) is 0 Å². The highest BCUT2D eigenvalue weighted by Gasteiger charge is 2.29. The molecule has 1 aliphatic heterocycles. The van der Waals surface area contributed by atoms with Crippen LogP contribution in [0.15, 0.2) is 30.3 Å². The zero-order valence-electron chi connectivity index (χ0n) is 18.9. The lowest BCUT2D eigenvalue weighted by molar-refractivity contribution is -0.129. The first-order valence-corrected chi connectivity index (χ1v) is 11.8. The first-order valence-electron chi connectivity index (χ1n) is 10.8. The number of ether oxygens (including phenoxy) is 2. The highest BCUT2D eigenvalue weighted by molar-refractivity contribution is 7.99. The molecular weight excluding hydrogens is 432 g/mol. The Morgan fingerprint density at radius 3 is 2.44 bits per heavy atom. The molecule has 10 heteroatoms. The van der Waals surface area contributed by atoms with Crippen LogP contribution in [0.5, 0.6) is 0 Å². The van der Waals surface area contributed by atoms with Gasteiger partial charge in [-0.15, -0.1) is 11.8 Å². The molecule has 0 unspecified atom stereocenters. The zero-order chi connectivity index (χ0) is 23.6. The molecule has 0 aliphatic carbocycles. The molecule has 1 aromatic rings. The van der Waals surface area contributed by atoms with Crippen molar-refractivity contribution in [3.8, 4) is 0 Å². The number of carbonyl (C=O) groups excluding carboxylic acids is 3. The van der Waals surface area contributed by atoms with Crippen LogP contribution in [0.4, 0.5) is 4.79 Å². The minimum atomic E-state index is -0.934. The van der Waals surface area contributed by atoms with Crippen LogP contribution in [0.1, 0.15) is 45.6 Å². The molecule has 3 amide bonds. The van der Waals surface area contributed by atoms with Gasteiger partial charge in [0, 0.05) is 18.8 Å². The Balaban J connectivity index is 2.07. The van der Waals surface area contributed by atoms with E-state index in [-0.39, 0.29) is 11.9 Å². The van der Waals surface area contributed by atoms with Crippen LogP contribution < -0.4 is 21.9 Å². The van der Waals surface area contributed by atoms with Gasteiger partial charge in [-0.1, -0.05) is 30.3 Å². The Bertz CT molecular complexity index is 750. The number of amides is 3. The molecule has 5 N–H and O–H groups in total. The Morgan fingerprint density at radius 1 is 1.12 bits per heavy atom. The second-order valence-electron chi connectivity index (χ2n) is 8.59. The highest BCUT2D eigenvalue weighted by Crippen LogP contribution is 2.24. The summed E-state index contributed by atoms with van der Waals surface area (Å²) in [6.07, 6.45) is 2.52. The Kier molecular flexibility index (Phi) is 10.3. The van der Waals surface area contributed by atoms with Crippen LogP contribution in [-0.4, -0.2) is 53.4 Å². The van der Waals surface area contributed by atoms with Crippen molar-refractivity contribution >= 4 is 29.7 Å². The molecule has 178 valence electrons. The van der Waals surface area contributed by atoms with Gasteiger partial charge >= 0.3 is 6.09 Å². The van der Waals surface area contributed by atoms with Crippen molar-refractivity contribution in [2.45, 2.75) is 69.6 Å². The molecule has 32 heavy (non-hydrogen) atoms. The minimum Gasteiger partial charge on any atom is -0.444 e. The number of rotatable bonds is 9. The summed E-state index contributed by atoms with van der Waals surface area (Å²) in [6.45, 7) is 5.91. The van der Waals surface area contributed by atoms with E-state index in [0.717, 1.165) is 24.8 Å². The van der Waals surface area contributed by atoms with Gasteiger partial charge in [-0.05, 0) is 45.6 Å². The summed E-state index contributed by atoms with van der Waals surface area (Å²) in [5.41, 5.74) is 2.22. The van der Waals surface area contributed by atoms with Gasteiger partial charge in [0.15, 0.2) is 0 Å². The van der Waals surface area contributed by atoms with Gasteiger partial charge in [-0.25, -0.2) is 10.6 Å². The van der Waals surface area contributed by atoms with Gasteiger partial charge in [0.05, 0.1) is 0 Å². The van der Waals surface area contributed by atoms with Crippen molar-refractivity contribution in [2.75, 3.05) is 12.4 Å². The average Bonchev–Trinajstić information content (AvgIpc) is 2.75. The highest BCUT2D eigenvalue weighted by atomic mass is 32.2. The summed E-state index contributed by atoms with van der Waals surface area (Å²) in [7, 11) is 0. The first-order chi connectivity index (χ1) is 15.2. The second-order valence-corrected chi connectivity index (χ2v) is 9.78. The number of benzene rings is 1. The summed E-state index contributed by atoms with van der Waals surface area (Å²) in [5, 5.41) is 5.34. The van der Waals surface area contributed by atoms with Crippen molar-refractivity contribution in [3.05, 3.63) is 35.9 Å². The van der Waals surface area contributed by atoms with Gasteiger partial charge in [0.25, 0.3) is 5.91 Å². The summed E-state index contributed by atoms with van der Waals surface area (Å²) in [6, 6.07) is 7.48. The van der Waals surface area contributed by atoms with Gasteiger partial charge in [0.1, 0.15) is 23.1 Å². The molecular formula is C22H34N4O5S. The summed E-state index contributed by atoms with van der Waals surface area (Å²) in [4.78, 5) is 37.7. The van der Waals surface area contributed by atoms with Gasteiger partial charge < -0.3 is 20.1 Å². The summed E-state index contributed by atoms with van der Waals surface area (Å²) >= 11 is 1.46.